The van der Waals surface area contributed by atoms with E-state index in [2.05, 4.69) is 4.99 Å². The Kier molecular flexibility index (Phi) is 7.91. The molecule has 2 atom stereocenters. The van der Waals surface area contributed by atoms with Crippen LogP contribution in [0.25, 0.3) is 0 Å². The van der Waals surface area contributed by atoms with Gasteiger partial charge in [-0.15, -0.1) is 4.99 Å². The summed E-state index contributed by atoms with van der Waals surface area (Å²) in [6.07, 6.45) is -8.38. The van der Waals surface area contributed by atoms with E-state index in [4.69, 9.17) is 4.52 Å². The molecular formula is C14H23F5N5O4P. The Balaban J connectivity index is 3.56. The molecule has 29 heavy (non-hydrogen) atoms. The maximum absolute atomic E-state index is 14.5. The third-order valence-electron chi connectivity index (χ3n) is 4.24. The molecule has 0 aliphatic carbocycles. The van der Waals surface area contributed by atoms with Gasteiger partial charge in [-0.3, -0.25) is 9.09 Å². The summed E-state index contributed by atoms with van der Waals surface area (Å²) in [5.74, 6) is -6.49. The average Bonchev–Trinajstić information content (AvgIpc) is 3.45. The number of guanidine groups is 1. The van der Waals surface area contributed by atoms with Crippen LogP contribution in [0.2, 0.25) is 0 Å². The fourth-order valence-electron chi connectivity index (χ4n) is 2.42. The Morgan fingerprint density at radius 3 is 2.17 bits per heavy atom. The molecule has 1 fully saturated rings. The number of likely N-dealkylation sites (N-methyl/N-ethyl adjacent to an activating group) is 1. The molecule has 0 saturated carbocycles. The molecule has 0 aromatic heterocycles. The summed E-state index contributed by atoms with van der Waals surface area (Å²) in [6, 6.07) is 0. The highest BCUT2D eigenvalue weighted by molar-refractivity contribution is 7.54. The van der Waals surface area contributed by atoms with E-state index in [0.29, 0.717) is 4.90 Å². The van der Waals surface area contributed by atoms with Gasteiger partial charge in [0.15, 0.2) is 6.10 Å². The summed E-state index contributed by atoms with van der Waals surface area (Å²) in [4.78, 5) is 13.8. The zero-order chi connectivity index (χ0) is 22.8. The summed E-state index contributed by atoms with van der Waals surface area (Å²) in [5.41, 5.74) is -0.906. The molecule has 0 radical (unpaired) electrons. The van der Waals surface area contributed by atoms with Crippen LogP contribution in [0.5, 0.6) is 0 Å². The first-order valence-electron chi connectivity index (χ1n) is 8.40. The van der Waals surface area contributed by atoms with Crippen LogP contribution >= 0.6 is 7.67 Å². The van der Waals surface area contributed by atoms with Gasteiger partial charge in [0.1, 0.15) is 5.70 Å². The average molecular weight is 451 g/mol. The molecule has 15 heteroatoms. The molecule has 0 N–H and O–H groups in total. The third-order valence-corrected chi connectivity index (χ3v) is 6.98. The lowest BCUT2D eigenvalue weighted by atomic mass is 10.1. The first-order chi connectivity index (χ1) is 13.2. The maximum Gasteiger partial charge on any atom is 0.456 e. The topological polar surface area (TPSA) is 91.3 Å². The fraction of sp³-hybridized carbons (Fsp3) is 0.786. The summed E-state index contributed by atoms with van der Waals surface area (Å²) >= 11 is 0. The molecule has 0 bridgehead atoms. The van der Waals surface area contributed by atoms with Crippen molar-refractivity contribution in [2.24, 2.45) is 4.99 Å². The standard InChI is InChI=1S/C14H23F5N5O4P/c1-6-10(22(5)12(20-3)24(25)26)11(13(15,16)14(17,18)19)28-29(27,21(4)7-2)23-8-9-23/h6,11H,7-9H2,1-5H3/b10-6-,20-12?. The Morgan fingerprint density at radius 2 is 1.86 bits per heavy atom. The lowest BCUT2D eigenvalue weighted by Gasteiger charge is -2.36. The van der Waals surface area contributed by atoms with Crippen molar-refractivity contribution >= 4 is 13.6 Å². The van der Waals surface area contributed by atoms with Crippen LogP contribution in [-0.4, -0.2) is 84.1 Å². The van der Waals surface area contributed by atoms with E-state index >= 15 is 0 Å². The summed E-state index contributed by atoms with van der Waals surface area (Å²) in [6.45, 7) is 3.03. The predicted molar refractivity (Wildman–Crippen MR) is 95.2 cm³/mol. The quantitative estimate of drug-likeness (QED) is 0.107. The zero-order valence-electron chi connectivity index (χ0n) is 16.5. The van der Waals surface area contributed by atoms with Gasteiger partial charge in [0, 0.05) is 19.6 Å². The van der Waals surface area contributed by atoms with E-state index in [-0.39, 0.29) is 19.6 Å². The van der Waals surface area contributed by atoms with E-state index in [0.717, 1.165) is 36.4 Å². The van der Waals surface area contributed by atoms with Crippen molar-refractivity contribution in [3.8, 4) is 0 Å². The summed E-state index contributed by atoms with van der Waals surface area (Å²) in [7, 11) is -1.12. The van der Waals surface area contributed by atoms with Crippen LogP contribution in [0.15, 0.2) is 16.8 Å². The van der Waals surface area contributed by atoms with Gasteiger partial charge < -0.3 is 10.1 Å². The number of hydrogen-bond donors (Lipinski definition) is 0. The van der Waals surface area contributed by atoms with Crippen molar-refractivity contribution in [1.82, 2.24) is 14.2 Å². The zero-order valence-corrected chi connectivity index (χ0v) is 17.4. The van der Waals surface area contributed by atoms with Crippen molar-refractivity contribution in [3.05, 3.63) is 21.9 Å². The first kappa shape index (κ1) is 25.4. The largest absolute Gasteiger partial charge is 0.456 e. The van der Waals surface area contributed by atoms with Crippen LogP contribution in [0, 0.1) is 10.1 Å². The minimum atomic E-state index is -6.07. The highest BCUT2D eigenvalue weighted by Crippen LogP contribution is 2.60. The minimum Gasteiger partial charge on any atom is -0.390 e. The monoisotopic (exact) mass is 451 g/mol. The van der Waals surface area contributed by atoms with E-state index in [1.165, 1.54) is 14.0 Å². The minimum absolute atomic E-state index is 0.0374. The van der Waals surface area contributed by atoms with E-state index in [1.54, 1.807) is 0 Å². The Labute approximate surface area is 164 Å². The van der Waals surface area contributed by atoms with Crippen LogP contribution in [0.1, 0.15) is 13.8 Å². The second-order valence-electron chi connectivity index (χ2n) is 6.08. The highest BCUT2D eigenvalue weighted by Gasteiger charge is 2.67. The molecule has 168 valence electrons. The van der Waals surface area contributed by atoms with Crippen molar-refractivity contribution < 1.29 is 36.0 Å². The lowest BCUT2D eigenvalue weighted by Crippen LogP contribution is -2.53. The normalized spacial score (nSPS) is 19.8. The molecule has 1 heterocycles. The second-order valence-corrected chi connectivity index (χ2v) is 8.52. The molecule has 0 aromatic rings. The van der Waals surface area contributed by atoms with Crippen LogP contribution in [0.3, 0.4) is 0 Å². The fourth-order valence-corrected chi connectivity index (χ4v) is 4.62. The number of nitrogens with zero attached hydrogens (tertiary/aromatic N) is 5. The van der Waals surface area contributed by atoms with E-state index in [1.807, 2.05) is 0 Å². The van der Waals surface area contributed by atoms with E-state index in [9.17, 15) is 36.6 Å². The molecule has 1 aliphatic rings. The Morgan fingerprint density at radius 1 is 1.34 bits per heavy atom. The molecule has 0 aromatic carbocycles. The number of alkyl halides is 5. The van der Waals surface area contributed by atoms with Crippen molar-refractivity contribution in [1.29, 1.82) is 0 Å². The molecule has 1 saturated heterocycles. The maximum atomic E-state index is 14.5. The number of nitro groups is 1. The predicted octanol–water partition coefficient (Wildman–Crippen LogP) is 3.04. The van der Waals surface area contributed by atoms with Crippen molar-refractivity contribution in [3.63, 3.8) is 0 Å². The Hall–Kier alpha value is -1.63. The summed E-state index contributed by atoms with van der Waals surface area (Å²) in [5, 5.41) is 11.1. The van der Waals surface area contributed by atoms with Crippen LogP contribution in [0.4, 0.5) is 22.0 Å². The van der Waals surface area contributed by atoms with Gasteiger partial charge in [-0.2, -0.15) is 22.0 Å². The van der Waals surface area contributed by atoms with Gasteiger partial charge in [0.25, 0.3) is 0 Å². The van der Waals surface area contributed by atoms with Crippen molar-refractivity contribution in [2.45, 2.75) is 32.1 Å². The third kappa shape index (κ3) is 5.11. The van der Waals surface area contributed by atoms with Crippen molar-refractivity contribution in [2.75, 3.05) is 40.8 Å². The number of allylic oxidation sites excluding steroid dienone is 1. The molecule has 1 rings (SSSR count). The first-order valence-corrected chi connectivity index (χ1v) is 9.93. The second kappa shape index (κ2) is 9.02. The number of halogens is 5. The highest BCUT2D eigenvalue weighted by atomic mass is 31.2. The Bertz CT molecular complexity index is 726. The molecule has 1 aliphatic heterocycles. The van der Waals surface area contributed by atoms with Gasteiger partial charge in [-0.25, -0.2) is 14.2 Å². The molecule has 0 amide bonds. The van der Waals surface area contributed by atoms with Gasteiger partial charge >= 0.3 is 25.7 Å². The molecule has 9 nitrogen and oxygen atoms in total. The number of aliphatic imine (C=N–C) groups is 1. The van der Waals surface area contributed by atoms with Crippen LogP contribution < -0.4 is 0 Å². The smallest absolute Gasteiger partial charge is 0.390 e. The molecule has 0 spiro atoms. The van der Waals surface area contributed by atoms with E-state index < -0.39 is 42.5 Å². The van der Waals surface area contributed by atoms with Gasteiger partial charge in [0.2, 0.25) is 0 Å². The van der Waals surface area contributed by atoms with Gasteiger partial charge in [-0.05, 0) is 25.0 Å². The lowest BCUT2D eigenvalue weighted by molar-refractivity contribution is -0.363. The van der Waals surface area contributed by atoms with Gasteiger partial charge in [0.05, 0.1) is 14.1 Å². The number of rotatable bonds is 8. The molecule has 2 unspecified atom stereocenters. The SMILES string of the molecule is C/C=C(/C(OP(=O)(N(C)CC)N1CC1)C(F)(F)C(F)(F)F)N(C)C(=NC)[N+](=O)[O-]. The summed E-state index contributed by atoms with van der Waals surface area (Å²) < 4.78 is 88.9. The molecular weight excluding hydrogens is 428 g/mol. The number of hydrogen-bond acceptors (Lipinski definition) is 5. The van der Waals surface area contributed by atoms with Crippen LogP contribution in [-0.2, 0) is 9.09 Å². The van der Waals surface area contributed by atoms with Gasteiger partial charge in [-0.1, -0.05) is 6.92 Å².